The van der Waals surface area contributed by atoms with Crippen molar-refractivity contribution in [3.8, 4) is 5.75 Å². The summed E-state index contributed by atoms with van der Waals surface area (Å²) in [4.78, 5) is 2.30. The Kier molecular flexibility index (Phi) is 6.50. The predicted octanol–water partition coefficient (Wildman–Crippen LogP) is 3.54. The minimum absolute atomic E-state index is 0.407. The average molecular weight is 279 g/mol. The van der Waals surface area contributed by atoms with E-state index >= 15 is 0 Å². The van der Waals surface area contributed by atoms with E-state index in [9.17, 15) is 5.11 Å². The summed E-state index contributed by atoms with van der Waals surface area (Å²) >= 11 is 0. The van der Waals surface area contributed by atoms with E-state index < -0.39 is 6.10 Å². The normalized spacial score (nSPS) is 18.3. The van der Waals surface area contributed by atoms with Gasteiger partial charge in [-0.1, -0.05) is 26.8 Å². The number of hydrogen-bond acceptors (Lipinski definition) is 3. The first kappa shape index (κ1) is 17.0. The molecule has 1 atom stereocenters. The molecule has 0 aliphatic carbocycles. The van der Waals surface area contributed by atoms with Gasteiger partial charge < -0.3 is 9.84 Å². The lowest BCUT2D eigenvalue weighted by Crippen LogP contribution is -2.38. The summed E-state index contributed by atoms with van der Waals surface area (Å²) in [5.41, 5.74) is 3.48. The van der Waals surface area contributed by atoms with Crippen LogP contribution in [0.25, 0.3) is 0 Å². The maximum Gasteiger partial charge on any atom is 0.122 e. The number of fused-ring (bicyclic) bond motifs is 1. The van der Waals surface area contributed by atoms with E-state index in [0.717, 1.165) is 24.3 Å². The van der Waals surface area contributed by atoms with Crippen LogP contribution in [0.5, 0.6) is 5.75 Å². The number of ether oxygens (including phenoxy) is 1. The van der Waals surface area contributed by atoms with Gasteiger partial charge in [0.05, 0.1) is 13.2 Å². The van der Waals surface area contributed by atoms with Crippen molar-refractivity contribution in [1.82, 2.24) is 4.90 Å². The molecule has 20 heavy (non-hydrogen) atoms. The zero-order valence-corrected chi connectivity index (χ0v) is 13.7. The van der Waals surface area contributed by atoms with Gasteiger partial charge in [0.1, 0.15) is 5.75 Å². The molecule has 1 aromatic rings. The summed E-state index contributed by atoms with van der Waals surface area (Å²) in [6.07, 6.45) is 0.546. The first-order valence-corrected chi connectivity index (χ1v) is 7.68. The highest BCUT2D eigenvalue weighted by Gasteiger charge is 2.26. The Morgan fingerprint density at radius 3 is 2.50 bits per heavy atom. The van der Waals surface area contributed by atoms with Crippen LogP contribution in [0.4, 0.5) is 0 Å². The number of β-amino-alcohol motifs (C(OH)–C–C–N with tert-alkyl or cyclic N) is 1. The van der Waals surface area contributed by atoms with Crippen LogP contribution in [0, 0.1) is 0 Å². The van der Waals surface area contributed by atoms with Gasteiger partial charge in [0.25, 0.3) is 0 Å². The van der Waals surface area contributed by atoms with Crippen LogP contribution in [0.3, 0.4) is 0 Å². The minimum Gasteiger partial charge on any atom is -0.496 e. The van der Waals surface area contributed by atoms with Gasteiger partial charge in [-0.2, -0.15) is 0 Å². The second-order valence-electron chi connectivity index (χ2n) is 5.26. The third kappa shape index (κ3) is 3.53. The summed E-state index contributed by atoms with van der Waals surface area (Å²) in [5.74, 6) is 0.897. The molecule has 2 rings (SSSR count). The highest BCUT2D eigenvalue weighted by atomic mass is 16.5. The number of nitrogens with zero attached hydrogens (tertiary/aromatic N) is 1. The van der Waals surface area contributed by atoms with E-state index in [1.54, 1.807) is 7.11 Å². The van der Waals surface area contributed by atoms with Gasteiger partial charge in [-0.3, -0.25) is 4.90 Å². The van der Waals surface area contributed by atoms with Crippen molar-refractivity contribution in [1.29, 1.82) is 0 Å². The fourth-order valence-corrected chi connectivity index (χ4v) is 2.60. The minimum atomic E-state index is -0.407. The van der Waals surface area contributed by atoms with Crippen LogP contribution in [-0.2, 0) is 13.0 Å². The van der Waals surface area contributed by atoms with Crippen LogP contribution in [-0.4, -0.2) is 29.7 Å². The molecule has 1 aromatic carbocycles. The Hall–Kier alpha value is -1.06. The van der Waals surface area contributed by atoms with E-state index in [0.29, 0.717) is 12.6 Å². The number of methoxy groups -OCH3 is 1. The molecule has 0 fully saturated rings. The van der Waals surface area contributed by atoms with Crippen LogP contribution in [0.15, 0.2) is 12.1 Å². The summed E-state index contributed by atoms with van der Waals surface area (Å²) in [6.45, 7) is 12.1. The summed E-state index contributed by atoms with van der Waals surface area (Å²) in [5, 5.41) is 10.3. The van der Waals surface area contributed by atoms with E-state index in [-0.39, 0.29) is 0 Å². The largest absolute Gasteiger partial charge is 0.496 e. The Labute approximate surface area is 123 Å². The van der Waals surface area contributed by atoms with Gasteiger partial charge in [-0.25, -0.2) is 0 Å². The molecule has 3 heteroatoms. The molecular formula is C17H29NO2. The molecule has 1 unspecified atom stereocenters. The summed E-state index contributed by atoms with van der Waals surface area (Å²) < 4.78 is 5.40. The van der Waals surface area contributed by atoms with Gasteiger partial charge in [0.2, 0.25) is 0 Å². The van der Waals surface area contributed by atoms with Crippen LogP contribution >= 0.6 is 0 Å². The smallest absolute Gasteiger partial charge is 0.122 e. The van der Waals surface area contributed by atoms with E-state index in [1.807, 2.05) is 19.9 Å². The molecule has 0 saturated carbocycles. The second-order valence-corrected chi connectivity index (χ2v) is 5.26. The van der Waals surface area contributed by atoms with Crippen molar-refractivity contribution in [2.45, 2.75) is 59.7 Å². The molecule has 0 spiro atoms. The van der Waals surface area contributed by atoms with E-state index in [4.69, 9.17) is 4.74 Å². The summed E-state index contributed by atoms with van der Waals surface area (Å²) in [6, 6.07) is 4.66. The quantitative estimate of drug-likeness (QED) is 0.918. The lowest BCUT2D eigenvalue weighted by molar-refractivity contribution is 0.0741. The molecule has 1 aliphatic rings. The number of hydrogen-bond donors (Lipinski definition) is 1. The zero-order chi connectivity index (χ0) is 15.3. The van der Waals surface area contributed by atoms with Crippen molar-refractivity contribution in [3.63, 3.8) is 0 Å². The summed E-state index contributed by atoms with van der Waals surface area (Å²) in [7, 11) is 1.69. The van der Waals surface area contributed by atoms with Crippen molar-refractivity contribution in [2.75, 3.05) is 13.7 Å². The average Bonchev–Trinajstić information content (AvgIpc) is 2.47. The Morgan fingerprint density at radius 1 is 1.35 bits per heavy atom. The molecule has 0 bridgehead atoms. The van der Waals surface area contributed by atoms with E-state index in [2.05, 4.69) is 31.7 Å². The van der Waals surface area contributed by atoms with Gasteiger partial charge in [0, 0.05) is 19.1 Å². The lowest BCUT2D eigenvalue weighted by Gasteiger charge is -2.35. The molecule has 1 heterocycles. The number of rotatable bonds is 3. The van der Waals surface area contributed by atoms with E-state index in [1.165, 1.54) is 11.1 Å². The van der Waals surface area contributed by atoms with Gasteiger partial charge >= 0.3 is 0 Å². The maximum atomic E-state index is 10.3. The fourth-order valence-electron chi connectivity index (χ4n) is 2.60. The number of aryl methyl sites for hydroxylation is 1. The van der Waals surface area contributed by atoms with Crippen molar-refractivity contribution in [3.05, 3.63) is 28.8 Å². The molecule has 1 N–H and O–H groups in total. The number of benzene rings is 1. The standard InChI is InChI=1S/C15H23NO2.C2H6/c1-5-11-6-12-8-16(10(2)3)9-14(17)13(12)7-15(11)18-4;1-2/h6-7,10,14,17H,5,8-9H2,1-4H3;1-2H3. The Bertz CT molecular complexity index is 429. The van der Waals surface area contributed by atoms with Crippen molar-refractivity contribution >= 4 is 0 Å². The van der Waals surface area contributed by atoms with Crippen molar-refractivity contribution < 1.29 is 9.84 Å². The SMILES string of the molecule is CC.CCc1cc2c(cc1OC)C(O)CN(C(C)C)C2. The van der Waals surface area contributed by atoms with Crippen LogP contribution < -0.4 is 4.74 Å². The fraction of sp³-hybridized carbons (Fsp3) is 0.647. The molecule has 1 aliphatic heterocycles. The third-order valence-corrected chi connectivity index (χ3v) is 3.79. The van der Waals surface area contributed by atoms with Crippen LogP contribution in [0.2, 0.25) is 0 Å². The molecule has 0 saturated heterocycles. The molecule has 0 radical (unpaired) electrons. The maximum absolute atomic E-state index is 10.3. The van der Waals surface area contributed by atoms with Gasteiger partial charge in [-0.05, 0) is 43.0 Å². The highest BCUT2D eigenvalue weighted by molar-refractivity contribution is 5.45. The molecule has 114 valence electrons. The third-order valence-electron chi connectivity index (χ3n) is 3.79. The molecule has 0 aromatic heterocycles. The second kappa shape index (κ2) is 7.65. The monoisotopic (exact) mass is 279 g/mol. The number of aliphatic hydroxyl groups excluding tert-OH is 1. The van der Waals surface area contributed by atoms with Gasteiger partial charge in [0.15, 0.2) is 0 Å². The topological polar surface area (TPSA) is 32.7 Å². The van der Waals surface area contributed by atoms with Crippen molar-refractivity contribution in [2.24, 2.45) is 0 Å². The number of aliphatic hydroxyl groups is 1. The lowest BCUT2D eigenvalue weighted by atomic mass is 9.93. The molecule has 3 nitrogen and oxygen atoms in total. The first-order valence-electron chi connectivity index (χ1n) is 7.68. The Morgan fingerprint density at radius 2 is 2.00 bits per heavy atom. The van der Waals surface area contributed by atoms with Crippen LogP contribution in [0.1, 0.15) is 57.4 Å². The molecular weight excluding hydrogens is 250 g/mol. The zero-order valence-electron chi connectivity index (χ0n) is 13.7. The van der Waals surface area contributed by atoms with Gasteiger partial charge in [-0.15, -0.1) is 0 Å². The highest BCUT2D eigenvalue weighted by Crippen LogP contribution is 2.33. The first-order chi connectivity index (χ1) is 9.56. The molecule has 0 amide bonds. The predicted molar refractivity (Wildman–Crippen MR) is 84.2 cm³/mol. The Balaban J connectivity index is 0.000000956.